The van der Waals surface area contributed by atoms with E-state index < -0.39 is 0 Å². The maximum Gasteiger partial charge on any atom is -0.00999 e. The zero-order chi connectivity index (χ0) is 8.91. The van der Waals surface area contributed by atoms with Crippen molar-refractivity contribution in [2.75, 3.05) is 0 Å². The predicted octanol–water partition coefficient (Wildman–Crippen LogP) is 3.71. The molecule has 0 aliphatic heterocycles. The average Bonchev–Trinajstić information content (AvgIpc) is 1.86. The first-order valence-electron chi connectivity index (χ1n) is 4.03. The summed E-state index contributed by atoms with van der Waals surface area (Å²) in [5.41, 5.74) is 4.76. The van der Waals surface area contributed by atoms with Crippen LogP contribution in [-0.4, -0.2) is 0 Å². The van der Waals surface area contributed by atoms with Crippen LogP contribution in [0.25, 0.3) is 0 Å². The fraction of sp³-hybridized carbons (Fsp3) is 0.545. The molecule has 0 aromatic rings. The normalized spacial score (nSPS) is 11.4. The Bertz CT molecular complexity index is 193. The van der Waals surface area contributed by atoms with Crippen LogP contribution in [0.5, 0.6) is 0 Å². The highest BCUT2D eigenvalue weighted by atomic mass is 14.1. The van der Waals surface area contributed by atoms with Crippen LogP contribution in [0.2, 0.25) is 0 Å². The Morgan fingerprint density at radius 2 is 1.82 bits per heavy atom. The smallest absolute Gasteiger partial charge is 0.00999 e. The number of rotatable bonds is 1. The molecule has 62 valence electrons. The summed E-state index contributed by atoms with van der Waals surface area (Å²) in [6, 6.07) is 0. The summed E-state index contributed by atoms with van der Waals surface area (Å²) >= 11 is 0. The van der Waals surface area contributed by atoms with Gasteiger partial charge in [-0.3, -0.25) is 0 Å². The van der Waals surface area contributed by atoms with E-state index in [1.165, 1.54) is 5.57 Å². The lowest BCUT2D eigenvalue weighted by molar-refractivity contribution is 0.505. The van der Waals surface area contributed by atoms with Gasteiger partial charge in [-0.05, 0) is 30.9 Å². The van der Waals surface area contributed by atoms with E-state index in [0.717, 1.165) is 0 Å². The van der Waals surface area contributed by atoms with Crippen molar-refractivity contribution in [2.24, 2.45) is 5.41 Å². The number of hydrogen-bond donors (Lipinski definition) is 0. The molecule has 0 N–H and O–H groups in total. The molecule has 0 aromatic heterocycles. The summed E-state index contributed by atoms with van der Waals surface area (Å²) in [5.74, 6) is 0. The summed E-state index contributed by atoms with van der Waals surface area (Å²) in [7, 11) is 0. The van der Waals surface area contributed by atoms with Gasteiger partial charge in [0.05, 0.1) is 0 Å². The van der Waals surface area contributed by atoms with Gasteiger partial charge in [0.1, 0.15) is 0 Å². The molecule has 0 fully saturated rings. The van der Waals surface area contributed by atoms with E-state index in [9.17, 15) is 0 Å². The third-order valence-electron chi connectivity index (χ3n) is 1.71. The summed E-state index contributed by atoms with van der Waals surface area (Å²) in [5, 5.41) is 0. The third-order valence-corrected chi connectivity index (χ3v) is 1.71. The molecule has 0 nitrogen and oxygen atoms in total. The van der Waals surface area contributed by atoms with Crippen LogP contribution in [-0.2, 0) is 0 Å². The first-order valence-corrected chi connectivity index (χ1v) is 4.03. The largest absolute Gasteiger partial charge is 0.121 e. The van der Waals surface area contributed by atoms with Gasteiger partial charge in [-0.1, -0.05) is 32.9 Å². The molecule has 0 heteroatoms. The van der Waals surface area contributed by atoms with Gasteiger partial charge < -0.3 is 0 Å². The van der Waals surface area contributed by atoms with E-state index in [0.29, 0.717) is 0 Å². The van der Waals surface area contributed by atoms with Crippen LogP contribution in [0.15, 0.2) is 29.5 Å². The molecular formula is C11H18. The van der Waals surface area contributed by atoms with Crippen molar-refractivity contribution in [1.29, 1.82) is 0 Å². The minimum absolute atomic E-state index is 0.248. The minimum atomic E-state index is 0.248. The highest BCUT2D eigenvalue weighted by molar-refractivity contribution is 5.11. The van der Waals surface area contributed by atoms with Gasteiger partial charge >= 0.3 is 0 Å². The van der Waals surface area contributed by atoms with Crippen LogP contribution < -0.4 is 0 Å². The molecule has 0 aliphatic rings. The molecule has 0 radical (unpaired) electrons. The first kappa shape index (κ1) is 10.3. The number of hydrogen-bond acceptors (Lipinski definition) is 0. The van der Waals surface area contributed by atoms with E-state index in [-0.39, 0.29) is 5.41 Å². The van der Waals surface area contributed by atoms with E-state index in [2.05, 4.69) is 33.4 Å². The molecule has 0 spiro atoms. The monoisotopic (exact) mass is 150 g/mol. The van der Waals surface area contributed by atoms with Crippen molar-refractivity contribution < 1.29 is 0 Å². The van der Waals surface area contributed by atoms with Gasteiger partial charge in [0.25, 0.3) is 0 Å². The Labute approximate surface area is 70.3 Å². The second-order valence-corrected chi connectivity index (χ2v) is 3.71. The van der Waals surface area contributed by atoms with Crippen molar-refractivity contribution in [3.8, 4) is 0 Å². The van der Waals surface area contributed by atoms with Gasteiger partial charge in [0, 0.05) is 0 Å². The molecule has 0 heterocycles. The highest BCUT2D eigenvalue weighted by Crippen LogP contribution is 2.22. The minimum Gasteiger partial charge on any atom is -0.121 e. The van der Waals surface area contributed by atoms with Crippen molar-refractivity contribution in [1.82, 2.24) is 0 Å². The standard InChI is InChI=1S/C11H18/c1-6-7-8-9-10(2)11(3,4)5/h6-8H,1-5H3/b7-6-. The quantitative estimate of drug-likeness (QED) is 0.395. The average molecular weight is 150 g/mol. The lowest BCUT2D eigenvalue weighted by Gasteiger charge is -2.16. The second kappa shape index (κ2) is 4.20. The van der Waals surface area contributed by atoms with Crippen LogP contribution in [0, 0.1) is 5.41 Å². The fourth-order valence-corrected chi connectivity index (χ4v) is 0.486. The van der Waals surface area contributed by atoms with Crippen LogP contribution >= 0.6 is 0 Å². The van der Waals surface area contributed by atoms with E-state index in [4.69, 9.17) is 0 Å². The molecule has 0 saturated heterocycles. The summed E-state index contributed by atoms with van der Waals surface area (Å²) < 4.78 is 0. The van der Waals surface area contributed by atoms with Gasteiger partial charge in [-0.15, -0.1) is 5.73 Å². The Morgan fingerprint density at radius 3 is 2.18 bits per heavy atom. The van der Waals surface area contributed by atoms with Gasteiger partial charge in [0.15, 0.2) is 0 Å². The second-order valence-electron chi connectivity index (χ2n) is 3.71. The van der Waals surface area contributed by atoms with Crippen molar-refractivity contribution in [2.45, 2.75) is 34.6 Å². The zero-order valence-electron chi connectivity index (χ0n) is 8.23. The maximum atomic E-state index is 3.23. The van der Waals surface area contributed by atoms with Gasteiger partial charge in [-0.2, -0.15) is 0 Å². The molecule has 0 atom stereocenters. The van der Waals surface area contributed by atoms with Crippen molar-refractivity contribution in [3.05, 3.63) is 29.5 Å². The Balaban J connectivity index is 4.46. The SMILES string of the molecule is C/C=C\C=C=C(C)C(C)(C)C. The van der Waals surface area contributed by atoms with Crippen LogP contribution in [0.1, 0.15) is 34.6 Å². The van der Waals surface area contributed by atoms with E-state index in [1.807, 2.05) is 25.2 Å². The topological polar surface area (TPSA) is 0 Å². The summed E-state index contributed by atoms with van der Waals surface area (Å²) in [6.45, 7) is 10.7. The van der Waals surface area contributed by atoms with Crippen LogP contribution in [0.4, 0.5) is 0 Å². The molecule has 0 aliphatic carbocycles. The molecular weight excluding hydrogens is 132 g/mol. The van der Waals surface area contributed by atoms with Gasteiger partial charge in [0.2, 0.25) is 0 Å². The molecule has 0 rings (SSSR count). The lowest BCUT2D eigenvalue weighted by atomic mass is 9.88. The Kier molecular flexibility index (Phi) is 3.92. The Hall–Kier alpha value is -0.740. The van der Waals surface area contributed by atoms with E-state index >= 15 is 0 Å². The molecule has 0 aromatic carbocycles. The van der Waals surface area contributed by atoms with E-state index in [1.54, 1.807) is 0 Å². The lowest BCUT2D eigenvalue weighted by Crippen LogP contribution is -2.04. The third kappa shape index (κ3) is 4.64. The van der Waals surface area contributed by atoms with Crippen LogP contribution in [0.3, 0.4) is 0 Å². The highest BCUT2D eigenvalue weighted by Gasteiger charge is 2.10. The Morgan fingerprint density at radius 1 is 1.27 bits per heavy atom. The molecule has 0 unspecified atom stereocenters. The molecule has 0 bridgehead atoms. The van der Waals surface area contributed by atoms with Crippen molar-refractivity contribution in [3.63, 3.8) is 0 Å². The van der Waals surface area contributed by atoms with Crippen molar-refractivity contribution >= 4 is 0 Å². The summed E-state index contributed by atoms with van der Waals surface area (Å²) in [4.78, 5) is 0. The fourth-order valence-electron chi connectivity index (χ4n) is 0.486. The number of allylic oxidation sites excluding steroid dienone is 3. The molecule has 0 amide bonds. The molecule has 11 heavy (non-hydrogen) atoms. The first-order chi connectivity index (χ1) is 4.98. The maximum absolute atomic E-state index is 3.23. The predicted molar refractivity (Wildman–Crippen MR) is 51.5 cm³/mol. The molecule has 0 saturated carbocycles. The zero-order valence-corrected chi connectivity index (χ0v) is 8.23. The summed E-state index contributed by atoms with van der Waals surface area (Å²) in [6.07, 6.45) is 5.96. The van der Waals surface area contributed by atoms with Gasteiger partial charge in [-0.25, -0.2) is 0 Å².